The highest BCUT2D eigenvalue weighted by Gasteiger charge is 2.02. The molecule has 0 aliphatic heterocycles. The molecule has 0 radical (unpaired) electrons. The number of fused-ring (bicyclic) bond motifs is 1. The first kappa shape index (κ1) is 12.4. The fourth-order valence-electron chi connectivity index (χ4n) is 2.20. The van der Waals surface area contributed by atoms with Crippen LogP contribution in [0.3, 0.4) is 0 Å². The first-order valence-corrected chi connectivity index (χ1v) is 6.56. The summed E-state index contributed by atoms with van der Waals surface area (Å²) in [6, 6.07) is 19.4. The van der Waals surface area contributed by atoms with E-state index in [1.165, 1.54) is 0 Å². The standard InChI is InChI=1S/C18H15NO/c1-13(12-15-7-3-5-9-18(15)20)16-11-10-14-6-2-4-8-17(14)19-16/h2-12,20H,1H3. The zero-order valence-corrected chi connectivity index (χ0v) is 11.2. The molecule has 0 amide bonds. The van der Waals surface area contributed by atoms with Crippen molar-refractivity contribution in [1.29, 1.82) is 0 Å². The lowest BCUT2D eigenvalue weighted by atomic mass is 10.1. The largest absolute Gasteiger partial charge is 0.507 e. The van der Waals surface area contributed by atoms with Crippen LogP contribution in [-0.2, 0) is 0 Å². The predicted molar refractivity (Wildman–Crippen MR) is 83.4 cm³/mol. The van der Waals surface area contributed by atoms with Gasteiger partial charge in [-0.3, -0.25) is 0 Å². The lowest BCUT2D eigenvalue weighted by Crippen LogP contribution is -1.87. The number of aromatic nitrogens is 1. The van der Waals surface area contributed by atoms with Crippen LogP contribution in [0.1, 0.15) is 18.2 Å². The number of hydrogen-bond donors (Lipinski definition) is 1. The fourth-order valence-corrected chi connectivity index (χ4v) is 2.20. The molecule has 1 aromatic heterocycles. The van der Waals surface area contributed by atoms with E-state index in [1.807, 2.05) is 61.5 Å². The Bertz CT molecular complexity index is 790. The van der Waals surface area contributed by atoms with Crippen LogP contribution < -0.4 is 0 Å². The van der Waals surface area contributed by atoms with Crippen molar-refractivity contribution in [2.24, 2.45) is 0 Å². The van der Waals surface area contributed by atoms with E-state index >= 15 is 0 Å². The summed E-state index contributed by atoms with van der Waals surface area (Å²) in [6.07, 6.45) is 1.95. The average molecular weight is 261 g/mol. The molecule has 98 valence electrons. The summed E-state index contributed by atoms with van der Waals surface area (Å²) >= 11 is 0. The maximum atomic E-state index is 9.81. The second kappa shape index (κ2) is 5.17. The highest BCUT2D eigenvalue weighted by atomic mass is 16.3. The van der Waals surface area contributed by atoms with Gasteiger partial charge in [0, 0.05) is 10.9 Å². The van der Waals surface area contributed by atoms with Gasteiger partial charge in [-0.25, -0.2) is 4.98 Å². The van der Waals surface area contributed by atoms with Gasteiger partial charge in [-0.15, -0.1) is 0 Å². The molecule has 2 nitrogen and oxygen atoms in total. The molecule has 0 aliphatic rings. The number of pyridine rings is 1. The Labute approximate surface area is 118 Å². The smallest absolute Gasteiger partial charge is 0.122 e. The number of rotatable bonds is 2. The Morgan fingerprint density at radius 2 is 1.70 bits per heavy atom. The molecule has 0 unspecified atom stereocenters. The zero-order chi connectivity index (χ0) is 13.9. The summed E-state index contributed by atoms with van der Waals surface area (Å²) in [5.41, 5.74) is 3.74. The van der Waals surface area contributed by atoms with Crippen LogP contribution in [0.15, 0.2) is 60.7 Å². The molecule has 20 heavy (non-hydrogen) atoms. The normalized spacial score (nSPS) is 11.8. The van der Waals surface area contributed by atoms with Crippen molar-refractivity contribution in [1.82, 2.24) is 4.98 Å². The third-order valence-electron chi connectivity index (χ3n) is 3.31. The maximum Gasteiger partial charge on any atom is 0.122 e. The van der Waals surface area contributed by atoms with Gasteiger partial charge in [0.25, 0.3) is 0 Å². The van der Waals surface area contributed by atoms with Gasteiger partial charge < -0.3 is 5.11 Å². The minimum Gasteiger partial charge on any atom is -0.507 e. The summed E-state index contributed by atoms with van der Waals surface area (Å²) in [5, 5.41) is 10.9. The van der Waals surface area contributed by atoms with E-state index in [0.29, 0.717) is 0 Å². The number of benzene rings is 2. The van der Waals surface area contributed by atoms with E-state index in [-0.39, 0.29) is 5.75 Å². The summed E-state index contributed by atoms with van der Waals surface area (Å²) in [5.74, 6) is 0.285. The Morgan fingerprint density at radius 1 is 0.950 bits per heavy atom. The lowest BCUT2D eigenvalue weighted by Gasteiger charge is -2.04. The van der Waals surface area contributed by atoms with Crippen LogP contribution in [-0.4, -0.2) is 10.1 Å². The summed E-state index contributed by atoms with van der Waals surface area (Å²) in [7, 11) is 0. The molecular formula is C18H15NO. The van der Waals surface area contributed by atoms with Crippen molar-refractivity contribution in [3.05, 3.63) is 71.9 Å². The first-order chi connectivity index (χ1) is 9.74. The van der Waals surface area contributed by atoms with Crippen LogP contribution in [0, 0.1) is 0 Å². The van der Waals surface area contributed by atoms with Crippen LogP contribution in [0.25, 0.3) is 22.6 Å². The minimum absolute atomic E-state index is 0.285. The maximum absolute atomic E-state index is 9.81. The molecule has 0 fully saturated rings. The molecule has 2 heteroatoms. The number of hydrogen-bond acceptors (Lipinski definition) is 2. The van der Waals surface area contributed by atoms with Crippen molar-refractivity contribution in [2.45, 2.75) is 6.92 Å². The van der Waals surface area contributed by atoms with Gasteiger partial charge in [-0.05, 0) is 36.8 Å². The first-order valence-electron chi connectivity index (χ1n) is 6.56. The van der Waals surface area contributed by atoms with E-state index in [0.717, 1.165) is 27.7 Å². The Balaban J connectivity index is 2.04. The molecule has 0 saturated heterocycles. The van der Waals surface area contributed by atoms with Crippen molar-refractivity contribution in [3.8, 4) is 5.75 Å². The van der Waals surface area contributed by atoms with E-state index in [9.17, 15) is 5.11 Å². The number of phenols is 1. The van der Waals surface area contributed by atoms with Gasteiger partial charge in [0.2, 0.25) is 0 Å². The molecule has 0 bridgehead atoms. The highest BCUT2D eigenvalue weighted by molar-refractivity contribution is 5.85. The van der Waals surface area contributed by atoms with E-state index in [4.69, 9.17) is 0 Å². The monoisotopic (exact) mass is 261 g/mol. The Hall–Kier alpha value is -2.61. The van der Waals surface area contributed by atoms with Crippen LogP contribution in [0.5, 0.6) is 5.75 Å². The molecule has 3 rings (SSSR count). The number of aromatic hydroxyl groups is 1. The number of para-hydroxylation sites is 2. The van der Waals surface area contributed by atoms with Gasteiger partial charge in [0.05, 0.1) is 11.2 Å². The van der Waals surface area contributed by atoms with Crippen LogP contribution >= 0.6 is 0 Å². The predicted octanol–water partition coefficient (Wildman–Crippen LogP) is 4.50. The zero-order valence-electron chi connectivity index (χ0n) is 11.2. The summed E-state index contributed by atoms with van der Waals surface area (Å²) in [4.78, 5) is 4.65. The highest BCUT2D eigenvalue weighted by Crippen LogP contribution is 2.23. The van der Waals surface area contributed by atoms with Gasteiger partial charge >= 0.3 is 0 Å². The third-order valence-corrected chi connectivity index (χ3v) is 3.31. The van der Waals surface area contributed by atoms with Crippen molar-refractivity contribution in [2.75, 3.05) is 0 Å². The quantitative estimate of drug-likeness (QED) is 0.736. The molecule has 3 aromatic rings. The average Bonchev–Trinajstić information content (AvgIpc) is 2.49. The third kappa shape index (κ3) is 2.41. The van der Waals surface area contributed by atoms with Crippen LogP contribution in [0.2, 0.25) is 0 Å². The number of phenolic OH excluding ortho intramolecular Hbond substituents is 1. The van der Waals surface area contributed by atoms with E-state index in [1.54, 1.807) is 6.07 Å². The molecule has 0 saturated carbocycles. The minimum atomic E-state index is 0.285. The second-order valence-electron chi connectivity index (χ2n) is 4.78. The topological polar surface area (TPSA) is 33.1 Å². The van der Waals surface area contributed by atoms with Crippen molar-refractivity contribution in [3.63, 3.8) is 0 Å². The van der Waals surface area contributed by atoms with Gasteiger partial charge in [-0.2, -0.15) is 0 Å². The van der Waals surface area contributed by atoms with E-state index in [2.05, 4.69) is 11.1 Å². The summed E-state index contributed by atoms with van der Waals surface area (Å²) in [6.45, 7) is 2.00. The number of allylic oxidation sites excluding steroid dienone is 1. The Morgan fingerprint density at radius 3 is 2.55 bits per heavy atom. The Kier molecular flexibility index (Phi) is 3.21. The molecule has 0 aliphatic carbocycles. The molecule has 1 N–H and O–H groups in total. The van der Waals surface area contributed by atoms with Crippen LogP contribution in [0.4, 0.5) is 0 Å². The molecular weight excluding hydrogens is 246 g/mol. The lowest BCUT2D eigenvalue weighted by molar-refractivity contribution is 0.474. The molecule has 0 atom stereocenters. The van der Waals surface area contributed by atoms with E-state index < -0.39 is 0 Å². The molecule has 1 heterocycles. The van der Waals surface area contributed by atoms with Crippen molar-refractivity contribution >= 4 is 22.6 Å². The SMILES string of the molecule is CC(=Cc1ccccc1O)c1ccc2ccccc2n1. The van der Waals surface area contributed by atoms with Gasteiger partial charge in [0.1, 0.15) is 5.75 Å². The van der Waals surface area contributed by atoms with Gasteiger partial charge in [0.15, 0.2) is 0 Å². The fraction of sp³-hybridized carbons (Fsp3) is 0.0556. The second-order valence-corrected chi connectivity index (χ2v) is 4.78. The summed E-state index contributed by atoms with van der Waals surface area (Å²) < 4.78 is 0. The van der Waals surface area contributed by atoms with Gasteiger partial charge in [-0.1, -0.05) is 42.5 Å². The van der Waals surface area contributed by atoms with Crippen molar-refractivity contribution < 1.29 is 5.11 Å². The molecule has 2 aromatic carbocycles. The number of nitrogens with zero attached hydrogens (tertiary/aromatic N) is 1. The molecule has 0 spiro atoms.